The predicted octanol–water partition coefficient (Wildman–Crippen LogP) is 2.98. The van der Waals surface area contributed by atoms with Gasteiger partial charge in [0.15, 0.2) is 0 Å². The summed E-state index contributed by atoms with van der Waals surface area (Å²) in [4.78, 5) is 0. The second kappa shape index (κ2) is 7.07. The molecule has 0 aliphatic carbocycles. The molecule has 0 aliphatic rings. The number of aryl methyl sites for hydroxylation is 1. The molecule has 0 radical (unpaired) electrons. The third kappa shape index (κ3) is 3.59. The fourth-order valence-corrected chi connectivity index (χ4v) is 1.76. The summed E-state index contributed by atoms with van der Waals surface area (Å²) in [5.74, 6) is -0.340. The maximum absolute atomic E-state index is 13.7. The highest BCUT2D eigenvalue weighted by Gasteiger charge is 2.16. The Morgan fingerprint density at radius 3 is 2.69 bits per heavy atom. The summed E-state index contributed by atoms with van der Waals surface area (Å²) in [5.41, 5.74) is 6.70. The number of nitrogens with two attached hydrogens (primary N) is 1. The average Bonchev–Trinajstić information content (AvgIpc) is 2.21. The molecule has 16 heavy (non-hydrogen) atoms. The minimum atomic E-state index is -0.454. The van der Waals surface area contributed by atoms with Gasteiger partial charge in [0.05, 0.1) is 0 Å². The van der Waals surface area contributed by atoms with E-state index in [1.807, 2.05) is 0 Å². The van der Waals surface area contributed by atoms with Crippen molar-refractivity contribution in [1.82, 2.24) is 0 Å². The standard InChI is InChI=1S/C11H15ClFNO.ClH/c1-7-4-5-8(12)10(11(7)13)9(14)3-2-6-15;/h4-5,9,15H,2-3,6,14H2,1H3;1H/t9-;/m1./s1. The van der Waals surface area contributed by atoms with E-state index in [-0.39, 0.29) is 24.8 Å². The highest BCUT2D eigenvalue weighted by molar-refractivity contribution is 6.31. The van der Waals surface area contributed by atoms with Gasteiger partial charge in [-0.1, -0.05) is 17.7 Å². The summed E-state index contributed by atoms with van der Waals surface area (Å²) in [6.45, 7) is 1.73. The van der Waals surface area contributed by atoms with Crippen LogP contribution in [0.2, 0.25) is 5.02 Å². The van der Waals surface area contributed by atoms with Crippen LogP contribution in [0.3, 0.4) is 0 Å². The van der Waals surface area contributed by atoms with Crippen LogP contribution in [0.15, 0.2) is 12.1 Å². The Morgan fingerprint density at radius 2 is 2.12 bits per heavy atom. The van der Waals surface area contributed by atoms with Gasteiger partial charge in [-0.05, 0) is 31.4 Å². The number of benzene rings is 1. The normalized spacial score (nSPS) is 12.1. The van der Waals surface area contributed by atoms with Gasteiger partial charge in [0.25, 0.3) is 0 Å². The SMILES string of the molecule is Cc1ccc(Cl)c([C@H](N)CCCO)c1F.Cl. The van der Waals surface area contributed by atoms with E-state index in [1.165, 1.54) is 0 Å². The minimum Gasteiger partial charge on any atom is -0.396 e. The number of hydrogen-bond acceptors (Lipinski definition) is 2. The fourth-order valence-electron chi connectivity index (χ4n) is 1.47. The quantitative estimate of drug-likeness (QED) is 0.881. The third-order valence-corrected chi connectivity index (χ3v) is 2.69. The molecular formula is C11H16Cl2FNO. The first-order valence-corrected chi connectivity index (χ1v) is 5.26. The Morgan fingerprint density at radius 1 is 1.50 bits per heavy atom. The molecule has 0 unspecified atom stereocenters. The van der Waals surface area contributed by atoms with Crippen molar-refractivity contribution >= 4 is 24.0 Å². The molecule has 0 amide bonds. The molecule has 0 saturated carbocycles. The monoisotopic (exact) mass is 267 g/mol. The molecule has 92 valence electrons. The zero-order valence-corrected chi connectivity index (χ0v) is 10.6. The van der Waals surface area contributed by atoms with Crippen LogP contribution in [-0.2, 0) is 0 Å². The Kier molecular flexibility index (Phi) is 6.91. The molecule has 1 aromatic carbocycles. The van der Waals surface area contributed by atoms with Gasteiger partial charge in [0, 0.05) is 23.2 Å². The summed E-state index contributed by atoms with van der Waals surface area (Å²) in [7, 11) is 0. The van der Waals surface area contributed by atoms with Crippen LogP contribution in [-0.4, -0.2) is 11.7 Å². The van der Waals surface area contributed by atoms with E-state index in [2.05, 4.69) is 0 Å². The molecule has 0 spiro atoms. The summed E-state index contributed by atoms with van der Waals surface area (Å²) < 4.78 is 13.7. The molecule has 0 bridgehead atoms. The lowest BCUT2D eigenvalue weighted by atomic mass is 10.00. The Bertz CT molecular complexity index is 347. The van der Waals surface area contributed by atoms with E-state index < -0.39 is 6.04 Å². The lowest BCUT2D eigenvalue weighted by molar-refractivity contribution is 0.279. The third-order valence-electron chi connectivity index (χ3n) is 2.36. The van der Waals surface area contributed by atoms with Crippen LogP contribution in [0.25, 0.3) is 0 Å². The van der Waals surface area contributed by atoms with Crippen LogP contribution in [0.5, 0.6) is 0 Å². The first kappa shape index (κ1) is 15.7. The van der Waals surface area contributed by atoms with E-state index >= 15 is 0 Å². The number of rotatable bonds is 4. The molecule has 0 aromatic heterocycles. The van der Waals surface area contributed by atoms with Crippen molar-refractivity contribution in [1.29, 1.82) is 0 Å². The molecule has 0 heterocycles. The topological polar surface area (TPSA) is 46.2 Å². The molecule has 1 atom stereocenters. The van der Waals surface area contributed by atoms with E-state index in [1.54, 1.807) is 19.1 Å². The number of hydrogen-bond donors (Lipinski definition) is 2. The Balaban J connectivity index is 0.00000225. The lowest BCUT2D eigenvalue weighted by Gasteiger charge is -2.15. The minimum absolute atomic E-state index is 0. The van der Waals surface area contributed by atoms with Crippen molar-refractivity contribution in [3.8, 4) is 0 Å². The van der Waals surface area contributed by atoms with Gasteiger partial charge in [-0.25, -0.2) is 4.39 Å². The maximum atomic E-state index is 13.7. The van der Waals surface area contributed by atoms with E-state index in [0.29, 0.717) is 29.0 Å². The highest BCUT2D eigenvalue weighted by atomic mass is 35.5. The van der Waals surface area contributed by atoms with Gasteiger partial charge in [-0.2, -0.15) is 0 Å². The molecule has 0 aliphatic heterocycles. The predicted molar refractivity (Wildman–Crippen MR) is 66.6 cm³/mol. The zero-order chi connectivity index (χ0) is 11.4. The summed E-state index contributed by atoms with van der Waals surface area (Å²) in [6.07, 6.45) is 1.07. The van der Waals surface area contributed by atoms with E-state index in [4.69, 9.17) is 22.4 Å². The van der Waals surface area contributed by atoms with Crippen molar-refractivity contribution in [2.45, 2.75) is 25.8 Å². The zero-order valence-electron chi connectivity index (χ0n) is 9.04. The largest absolute Gasteiger partial charge is 0.396 e. The van der Waals surface area contributed by atoms with Crippen LogP contribution in [0.4, 0.5) is 4.39 Å². The van der Waals surface area contributed by atoms with Gasteiger partial charge < -0.3 is 10.8 Å². The molecule has 1 rings (SSSR count). The van der Waals surface area contributed by atoms with Crippen molar-refractivity contribution in [3.05, 3.63) is 34.1 Å². The highest BCUT2D eigenvalue weighted by Crippen LogP contribution is 2.28. The number of aliphatic hydroxyl groups excluding tert-OH is 1. The number of aliphatic hydroxyl groups is 1. The molecule has 5 heteroatoms. The molecule has 0 fully saturated rings. The van der Waals surface area contributed by atoms with E-state index in [9.17, 15) is 4.39 Å². The number of halogens is 3. The smallest absolute Gasteiger partial charge is 0.132 e. The Hall–Kier alpha value is -0.350. The molecule has 0 saturated heterocycles. The fraction of sp³-hybridized carbons (Fsp3) is 0.455. The van der Waals surface area contributed by atoms with E-state index in [0.717, 1.165) is 0 Å². The van der Waals surface area contributed by atoms with Crippen LogP contribution >= 0.6 is 24.0 Å². The van der Waals surface area contributed by atoms with Gasteiger partial charge in [-0.15, -0.1) is 12.4 Å². The molecule has 1 aromatic rings. The first-order valence-electron chi connectivity index (χ1n) is 4.89. The second-order valence-electron chi connectivity index (χ2n) is 3.56. The second-order valence-corrected chi connectivity index (χ2v) is 3.97. The van der Waals surface area contributed by atoms with Gasteiger partial charge in [-0.3, -0.25) is 0 Å². The summed E-state index contributed by atoms with van der Waals surface area (Å²) >= 11 is 5.89. The van der Waals surface area contributed by atoms with Crippen molar-refractivity contribution in [2.75, 3.05) is 6.61 Å². The average molecular weight is 268 g/mol. The van der Waals surface area contributed by atoms with Gasteiger partial charge in [0.1, 0.15) is 5.82 Å². The van der Waals surface area contributed by atoms with Gasteiger partial charge in [0.2, 0.25) is 0 Å². The van der Waals surface area contributed by atoms with Crippen LogP contribution in [0.1, 0.15) is 30.0 Å². The molecule has 2 nitrogen and oxygen atoms in total. The van der Waals surface area contributed by atoms with Crippen LogP contribution < -0.4 is 5.73 Å². The van der Waals surface area contributed by atoms with Gasteiger partial charge >= 0.3 is 0 Å². The van der Waals surface area contributed by atoms with Crippen LogP contribution in [0, 0.1) is 12.7 Å². The van der Waals surface area contributed by atoms with Crippen molar-refractivity contribution in [3.63, 3.8) is 0 Å². The maximum Gasteiger partial charge on any atom is 0.132 e. The molecule has 3 N–H and O–H groups in total. The van der Waals surface area contributed by atoms with Crippen molar-refractivity contribution < 1.29 is 9.50 Å². The van der Waals surface area contributed by atoms with Crippen molar-refractivity contribution in [2.24, 2.45) is 5.73 Å². The first-order chi connectivity index (χ1) is 7.07. The summed E-state index contributed by atoms with van der Waals surface area (Å²) in [5, 5.41) is 9.02. The Labute approximate surface area is 106 Å². The molecular weight excluding hydrogens is 252 g/mol. The lowest BCUT2D eigenvalue weighted by Crippen LogP contribution is -2.14. The summed E-state index contributed by atoms with van der Waals surface area (Å²) in [6, 6.07) is 2.82.